The van der Waals surface area contributed by atoms with Crippen LogP contribution in [0.1, 0.15) is 16.7 Å². The predicted molar refractivity (Wildman–Crippen MR) is 123 cm³/mol. The van der Waals surface area contributed by atoms with Crippen molar-refractivity contribution in [3.63, 3.8) is 0 Å². The van der Waals surface area contributed by atoms with Crippen molar-refractivity contribution in [3.05, 3.63) is 59.2 Å². The molecule has 1 saturated heterocycles. The fraction of sp³-hybridized carbons (Fsp3) is 0.320. The number of rotatable bonds is 4. The minimum atomic E-state index is -4.67. The van der Waals surface area contributed by atoms with Gasteiger partial charge in [0.15, 0.2) is 5.75 Å². The highest BCUT2D eigenvalue weighted by molar-refractivity contribution is 5.96. The monoisotopic (exact) mass is 520 g/mol. The van der Waals surface area contributed by atoms with Crippen LogP contribution in [0.2, 0.25) is 0 Å². The number of carboxylic acid groups (broad SMARTS) is 1. The van der Waals surface area contributed by atoms with Gasteiger partial charge >= 0.3 is 18.2 Å². The SMILES string of the molecule is COC(=O)N1CCN(C(=O)/C=C/c2cccc(C(F)(F)F)c2-c2ccc3c(c2)CCOO3)C(C(=O)O)C1. The summed E-state index contributed by atoms with van der Waals surface area (Å²) in [7, 11) is 1.16. The Labute approximate surface area is 209 Å². The van der Waals surface area contributed by atoms with Crippen LogP contribution in [-0.2, 0) is 31.8 Å². The number of carbonyl (C=O) groups is 3. The molecule has 1 atom stereocenters. The third kappa shape index (κ3) is 5.53. The maximum Gasteiger partial charge on any atom is 0.417 e. The van der Waals surface area contributed by atoms with Crippen LogP contribution in [0.15, 0.2) is 42.5 Å². The number of benzene rings is 2. The number of alkyl halides is 3. The van der Waals surface area contributed by atoms with E-state index in [9.17, 15) is 32.7 Å². The van der Waals surface area contributed by atoms with Gasteiger partial charge in [-0.1, -0.05) is 18.2 Å². The average Bonchev–Trinajstić information content (AvgIpc) is 2.89. The number of halogens is 3. The van der Waals surface area contributed by atoms with E-state index in [-0.39, 0.29) is 42.9 Å². The van der Waals surface area contributed by atoms with Crippen LogP contribution in [0, 0.1) is 0 Å². The van der Waals surface area contributed by atoms with Gasteiger partial charge in [-0.15, -0.1) is 0 Å². The zero-order valence-electron chi connectivity index (χ0n) is 19.7. The normalized spacial score (nSPS) is 17.8. The van der Waals surface area contributed by atoms with Crippen molar-refractivity contribution < 1.29 is 47.2 Å². The number of carbonyl (C=O) groups excluding carboxylic acids is 2. The number of hydrogen-bond acceptors (Lipinski definition) is 6. The zero-order chi connectivity index (χ0) is 26.7. The van der Waals surface area contributed by atoms with Crippen molar-refractivity contribution in [1.29, 1.82) is 0 Å². The van der Waals surface area contributed by atoms with Gasteiger partial charge in [-0.2, -0.15) is 18.1 Å². The Kier molecular flexibility index (Phi) is 7.39. The van der Waals surface area contributed by atoms with Crippen LogP contribution in [0.25, 0.3) is 17.2 Å². The first-order valence-electron chi connectivity index (χ1n) is 11.3. The Hall–Kier alpha value is -4.06. The van der Waals surface area contributed by atoms with Crippen LogP contribution in [0.5, 0.6) is 5.75 Å². The maximum absolute atomic E-state index is 14.0. The second-order valence-electron chi connectivity index (χ2n) is 8.38. The Morgan fingerprint density at radius 3 is 2.65 bits per heavy atom. The van der Waals surface area contributed by atoms with Crippen LogP contribution in [-0.4, -0.2) is 72.3 Å². The van der Waals surface area contributed by atoms with E-state index in [1.54, 1.807) is 6.07 Å². The Morgan fingerprint density at radius 2 is 1.95 bits per heavy atom. The average molecular weight is 520 g/mol. The number of aliphatic carboxylic acids is 1. The van der Waals surface area contributed by atoms with Gasteiger partial charge in [-0.05, 0) is 35.4 Å². The molecule has 12 heteroatoms. The van der Waals surface area contributed by atoms with Crippen LogP contribution in [0.4, 0.5) is 18.0 Å². The summed E-state index contributed by atoms with van der Waals surface area (Å²) in [5.41, 5.74) is 0.0684. The first kappa shape index (κ1) is 26.0. The third-order valence-electron chi connectivity index (χ3n) is 6.14. The molecule has 196 valence electrons. The quantitative estimate of drug-likeness (QED) is 0.485. The lowest BCUT2D eigenvalue weighted by molar-refractivity contribution is -0.215. The second-order valence-corrected chi connectivity index (χ2v) is 8.38. The zero-order valence-corrected chi connectivity index (χ0v) is 19.7. The van der Waals surface area contributed by atoms with Gasteiger partial charge in [0.1, 0.15) is 6.04 Å². The highest BCUT2D eigenvalue weighted by atomic mass is 19.4. The topological polar surface area (TPSA) is 106 Å². The number of methoxy groups -OCH3 is 1. The molecule has 0 spiro atoms. The van der Waals surface area contributed by atoms with Gasteiger partial charge in [0, 0.05) is 36.7 Å². The molecule has 0 saturated carbocycles. The van der Waals surface area contributed by atoms with Crippen molar-refractivity contribution >= 4 is 24.0 Å². The lowest BCUT2D eigenvalue weighted by atomic mass is 9.92. The fourth-order valence-electron chi connectivity index (χ4n) is 4.35. The number of ether oxygens (including phenoxy) is 1. The lowest BCUT2D eigenvalue weighted by Crippen LogP contribution is -2.59. The Bertz CT molecular complexity index is 1250. The van der Waals surface area contributed by atoms with E-state index in [1.807, 2.05) is 0 Å². The molecule has 4 rings (SSSR count). The standard InChI is InChI=1S/C25H23F3N2O7/c1-35-24(34)29-10-11-30(19(14-29)23(32)33)21(31)8-6-15-3-2-4-18(25(26,27)28)22(15)17-5-7-20-16(13-17)9-12-36-37-20/h2-8,13,19H,9-12,14H2,1H3,(H,32,33)/b8-6+. The summed E-state index contributed by atoms with van der Waals surface area (Å²) in [6.45, 7) is -0.0622. The molecule has 2 aliphatic rings. The summed E-state index contributed by atoms with van der Waals surface area (Å²) in [4.78, 5) is 48.7. The molecule has 2 aliphatic heterocycles. The molecule has 2 aromatic carbocycles. The lowest BCUT2D eigenvalue weighted by Gasteiger charge is -2.38. The minimum Gasteiger partial charge on any atom is -0.480 e. The van der Waals surface area contributed by atoms with Gasteiger partial charge in [0.25, 0.3) is 0 Å². The molecular weight excluding hydrogens is 497 g/mol. The summed E-state index contributed by atoms with van der Waals surface area (Å²) < 4.78 is 46.5. The minimum absolute atomic E-state index is 0.0474. The molecule has 9 nitrogen and oxygen atoms in total. The molecule has 2 aromatic rings. The van der Waals surface area contributed by atoms with Crippen molar-refractivity contribution in [3.8, 4) is 16.9 Å². The van der Waals surface area contributed by atoms with Crippen molar-refractivity contribution in [2.75, 3.05) is 33.4 Å². The van der Waals surface area contributed by atoms with Gasteiger partial charge in [-0.25, -0.2) is 9.59 Å². The molecule has 0 aromatic heterocycles. The molecule has 1 unspecified atom stereocenters. The first-order chi connectivity index (χ1) is 17.6. The number of amides is 2. The van der Waals surface area contributed by atoms with Crippen molar-refractivity contribution in [2.24, 2.45) is 0 Å². The predicted octanol–water partition coefficient (Wildman–Crippen LogP) is 3.62. The second kappa shape index (κ2) is 10.5. The van der Waals surface area contributed by atoms with Crippen molar-refractivity contribution in [2.45, 2.75) is 18.6 Å². The molecule has 0 radical (unpaired) electrons. The Balaban J connectivity index is 1.67. The van der Waals surface area contributed by atoms with Gasteiger partial charge in [0.2, 0.25) is 5.91 Å². The Morgan fingerprint density at radius 1 is 1.16 bits per heavy atom. The van der Waals surface area contributed by atoms with Crippen LogP contribution < -0.4 is 4.89 Å². The molecule has 2 amide bonds. The van der Waals surface area contributed by atoms with E-state index in [4.69, 9.17) is 9.78 Å². The van der Waals surface area contributed by atoms with E-state index >= 15 is 0 Å². The van der Waals surface area contributed by atoms with Crippen LogP contribution >= 0.6 is 0 Å². The maximum atomic E-state index is 14.0. The number of hydrogen-bond donors (Lipinski definition) is 1. The molecule has 1 fully saturated rings. The number of nitrogens with zero attached hydrogens (tertiary/aromatic N) is 2. The summed E-state index contributed by atoms with van der Waals surface area (Å²) in [5, 5.41) is 9.59. The van der Waals surface area contributed by atoms with E-state index in [2.05, 4.69) is 4.74 Å². The van der Waals surface area contributed by atoms with Gasteiger partial charge in [0.05, 0.1) is 25.8 Å². The molecule has 2 heterocycles. The molecule has 0 bridgehead atoms. The molecule has 37 heavy (non-hydrogen) atoms. The smallest absolute Gasteiger partial charge is 0.417 e. The molecule has 1 N–H and O–H groups in total. The summed E-state index contributed by atoms with van der Waals surface area (Å²) >= 11 is 0. The largest absolute Gasteiger partial charge is 0.480 e. The number of piperazine rings is 1. The highest BCUT2D eigenvalue weighted by Crippen LogP contribution is 2.41. The third-order valence-corrected chi connectivity index (χ3v) is 6.14. The summed E-state index contributed by atoms with van der Waals surface area (Å²) in [6, 6.07) is 6.89. The van der Waals surface area contributed by atoms with Crippen molar-refractivity contribution in [1.82, 2.24) is 9.80 Å². The molecule has 0 aliphatic carbocycles. The summed E-state index contributed by atoms with van der Waals surface area (Å²) in [6.07, 6.45) is -2.66. The van der Waals surface area contributed by atoms with E-state index < -0.39 is 35.8 Å². The fourth-order valence-corrected chi connectivity index (χ4v) is 4.35. The first-order valence-corrected chi connectivity index (χ1v) is 11.3. The van der Waals surface area contributed by atoms with Gasteiger partial charge in [-0.3, -0.25) is 4.79 Å². The summed E-state index contributed by atoms with van der Waals surface area (Å²) in [5.74, 6) is -1.62. The van der Waals surface area contributed by atoms with E-state index in [0.29, 0.717) is 17.7 Å². The van der Waals surface area contributed by atoms with E-state index in [0.717, 1.165) is 24.2 Å². The van der Waals surface area contributed by atoms with E-state index in [1.165, 1.54) is 35.2 Å². The number of fused-ring (bicyclic) bond motifs is 1. The van der Waals surface area contributed by atoms with Crippen LogP contribution in [0.3, 0.4) is 0 Å². The van der Waals surface area contributed by atoms with Gasteiger partial charge < -0.3 is 24.5 Å². The number of carboxylic acids is 1. The highest BCUT2D eigenvalue weighted by Gasteiger charge is 2.37. The molecular formula is C25H23F3N2O7.